The monoisotopic (exact) mass is 219 g/mol. The Morgan fingerprint density at radius 1 is 1.69 bits per heavy atom. The van der Waals surface area contributed by atoms with Crippen LogP contribution in [0.3, 0.4) is 0 Å². The third-order valence-electron chi connectivity index (χ3n) is 1.16. The summed E-state index contributed by atoms with van der Waals surface area (Å²) in [6.07, 6.45) is 2.58. The average molecular weight is 219 g/mol. The van der Waals surface area contributed by atoms with Gasteiger partial charge in [-0.1, -0.05) is 30.1 Å². The molecule has 0 radical (unpaired) electrons. The number of carboxylic acid groups (broad SMARTS) is 1. The van der Waals surface area contributed by atoms with Crippen molar-refractivity contribution in [3.8, 4) is 0 Å². The molecule has 0 aliphatic rings. The van der Waals surface area contributed by atoms with Crippen LogP contribution in [0, 0.1) is 0 Å². The van der Waals surface area contributed by atoms with Crippen LogP contribution in [0.15, 0.2) is 12.7 Å². The van der Waals surface area contributed by atoms with E-state index < -0.39 is 5.97 Å². The molecular weight excluding hydrogens is 206 g/mol. The number of thiocarbonyl (C=S) groups is 1. The molecule has 5 heteroatoms. The fourth-order valence-corrected chi connectivity index (χ4v) is 1.59. The molecule has 0 aromatic heterocycles. The zero-order valence-corrected chi connectivity index (χ0v) is 8.92. The lowest BCUT2D eigenvalue weighted by Crippen LogP contribution is -2.18. The number of carbonyl (C=O) groups is 1. The van der Waals surface area contributed by atoms with Gasteiger partial charge in [0.1, 0.15) is 4.32 Å². The van der Waals surface area contributed by atoms with E-state index in [0.29, 0.717) is 17.3 Å². The van der Waals surface area contributed by atoms with Crippen LogP contribution < -0.4 is 5.32 Å². The average Bonchev–Trinajstić information content (AvgIpc) is 2.08. The van der Waals surface area contributed by atoms with Crippen molar-refractivity contribution in [3.63, 3.8) is 0 Å². The maximum Gasteiger partial charge on any atom is 0.303 e. The van der Waals surface area contributed by atoms with Gasteiger partial charge in [-0.2, -0.15) is 0 Å². The first-order valence-corrected chi connectivity index (χ1v) is 5.29. The molecule has 74 valence electrons. The Morgan fingerprint density at radius 3 is 2.92 bits per heavy atom. The first-order valence-electron chi connectivity index (χ1n) is 3.90. The van der Waals surface area contributed by atoms with E-state index in [9.17, 15) is 4.79 Å². The standard InChI is InChI=1S/C8H13NO2S2/c1-2-5-9-8(12)13-6-3-4-7(10)11/h2H,1,3-6H2,(H,9,12)(H,10,11). The minimum Gasteiger partial charge on any atom is -0.481 e. The molecule has 3 nitrogen and oxygen atoms in total. The van der Waals surface area contributed by atoms with Crippen LogP contribution >= 0.6 is 24.0 Å². The molecule has 0 aromatic carbocycles. The molecule has 0 fully saturated rings. The summed E-state index contributed by atoms with van der Waals surface area (Å²) in [6, 6.07) is 0. The van der Waals surface area contributed by atoms with Crippen molar-refractivity contribution in [1.82, 2.24) is 5.32 Å². The number of rotatable bonds is 6. The second-order valence-electron chi connectivity index (χ2n) is 2.30. The van der Waals surface area contributed by atoms with Crippen molar-refractivity contribution in [3.05, 3.63) is 12.7 Å². The largest absolute Gasteiger partial charge is 0.481 e. The Morgan fingerprint density at radius 2 is 2.38 bits per heavy atom. The fraction of sp³-hybridized carbons (Fsp3) is 0.500. The van der Waals surface area contributed by atoms with Crippen molar-refractivity contribution in [2.75, 3.05) is 12.3 Å². The number of carboxylic acids is 1. The van der Waals surface area contributed by atoms with Crippen molar-refractivity contribution >= 4 is 34.3 Å². The van der Waals surface area contributed by atoms with Gasteiger partial charge in [0.15, 0.2) is 0 Å². The Labute approximate surface area is 87.6 Å². The molecule has 0 bridgehead atoms. The highest BCUT2D eigenvalue weighted by atomic mass is 32.2. The Hall–Kier alpha value is -0.550. The summed E-state index contributed by atoms with van der Waals surface area (Å²) < 4.78 is 0.699. The first-order chi connectivity index (χ1) is 6.16. The smallest absolute Gasteiger partial charge is 0.303 e. The molecular formula is C8H13NO2S2. The molecule has 0 unspecified atom stereocenters. The van der Waals surface area contributed by atoms with Gasteiger partial charge in [-0.15, -0.1) is 6.58 Å². The van der Waals surface area contributed by atoms with Gasteiger partial charge >= 0.3 is 5.97 Å². The van der Waals surface area contributed by atoms with Crippen molar-refractivity contribution in [2.24, 2.45) is 0 Å². The van der Waals surface area contributed by atoms with Crippen molar-refractivity contribution < 1.29 is 9.90 Å². The normalized spacial score (nSPS) is 9.23. The second-order valence-corrected chi connectivity index (χ2v) is 4.07. The highest BCUT2D eigenvalue weighted by Crippen LogP contribution is 2.05. The van der Waals surface area contributed by atoms with Crippen LogP contribution in [-0.4, -0.2) is 27.7 Å². The first kappa shape index (κ1) is 12.4. The summed E-state index contributed by atoms with van der Waals surface area (Å²) >= 11 is 6.42. The van der Waals surface area contributed by atoms with Gasteiger partial charge in [0.05, 0.1) is 0 Å². The summed E-state index contributed by atoms with van der Waals surface area (Å²) in [7, 11) is 0. The summed E-state index contributed by atoms with van der Waals surface area (Å²) in [5.74, 6) is -0.0134. The van der Waals surface area contributed by atoms with Gasteiger partial charge in [-0.25, -0.2) is 0 Å². The number of thioether (sulfide) groups is 1. The van der Waals surface area contributed by atoms with Gasteiger partial charge in [0, 0.05) is 18.7 Å². The zero-order valence-electron chi connectivity index (χ0n) is 7.28. The summed E-state index contributed by atoms with van der Waals surface area (Å²) in [6.45, 7) is 4.20. The van der Waals surface area contributed by atoms with Gasteiger partial charge in [-0.05, 0) is 6.42 Å². The molecule has 0 rings (SSSR count). The van der Waals surface area contributed by atoms with Crippen LogP contribution in [0.5, 0.6) is 0 Å². The van der Waals surface area contributed by atoms with E-state index in [1.165, 1.54) is 11.8 Å². The second kappa shape index (κ2) is 8.07. The van der Waals surface area contributed by atoms with Crippen LogP contribution in [-0.2, 0) is 4.79 Å². The van der Waals surface area contributed by atoms with Crippen LogP contribution in [0.1, 0.15) is 12.8 Å². The summed E-state index contributed by atoms with van der Waals surface area (Å²) in [4.78, 5) is 10.1. The van der Waals surface area contributed by atoms with Crippen LogP contribution in [0.2, 0.25) is 0 Å². The lowest BCUT2D eigenvalue weighted by atomic mass is 10.3. The molecule has 0 saturated heterocycles. The third-order valence-corrected chi connectivity index (χ3v) is 2.56. The van der Waals surface area contributed by atoms with E-state index in [0.717, 1.165) is 5.75 Å². The summed E-state index contributed by atoms with van der Waals surface area (Å²) in [5.41, 5.74) is 0. The van der Waals surface area contributed by atoms with Crippen molar-refractivity contribution in [2.45, 2.75) is 12.8 Å². The highest BCUT2D eigenvalue weighted by molar-refractivity contribution is 8.22. The minimum atomic E-state index is -0.759. The predicted molar refractivity (Wildman–Crippen MR) is 60.1 cm³/mol. The zero-order chi connectivity index (χ0) is 10.1. The lowest BCUT2D eigenvalue weighted by molar-refractivity contribution is -0.137. The quantitative estimate of drug-likeness (QED) is 0.404. The third kappa shape index (κ3) is 9.36. The number of hydrogen-bond acceptors (Lipinski definition) is 3. The molecule has 2 N–H and O–H groups in total. The Bertz CT molecular complexity index is 195. The van der Waals surface area contributed by atoms with E-state index in [4.69, 9.17) is 17.3 Å². The molecule has 0 aliphatic heterocycles. The molecule has 0 amide bonds. The topological polar surface area (TPSA) is 49.3 Å². The fourth-order valence-electron chi connectivity index (χ4n) is 0.595. The maximum atomic E-state index is 10.1. The number of nitrogens with one attached hydrogen (secondary N) is 1. The highest BCUT2D eigenvalue weighted by Gasteiger charge is 1.98. The van der Waals surface area contributed by atoms with Gasteiger partial charge in [-0.3, -0.25) is 4.79 Å². The van der Waals surface area contributed by atoms with Crippen LogP contribution in [0.25, 0.3) is 0 Å². The Balaban J connectivity index is 3.26. The van der Waals surface area contributed by atoms with Gasteiger partial charge < -0.3 is 10.4 Å². The summed E-state index contributed by atoms with van der Waals surface area (Å²) in [5, 5.41) is 11.3. The lowest BCUT2D eigenvalue weighted by Gasteiger charge is -2.03. The maximum absolute atomic E-state index is 10.1. The van der Waals surface area contributed by atoms with E-state index in [2.05, 4.69) is 11.9 Å². The minimum absolute atomic E-state index is 0.205. The van der Waals surface area contributed by atoms with Crippen molar-refractivity contribution in [1.29, 1.82) is 0 Å². The van der Waals surface area contributed by atoms with E-state index in [1.807, 2.05) is 0 Å². The van der Waals surface area contributed by atoms with Crippen LogP contribution in [0.4, 0.5) is 0 Å². The number of aliphatic carboxylic acids is 1. The van der Waals surface area contributed by atoms with Gasteiger partial charge in [0.25, 0.3) is 0 Å². The molecule has 0 heterocycles. The van der Waals surface area contributed by atoms with E-state index in [-0.39, 0.29) is 6.42 Å². The van der Waals surface area contributed by atoms with E-state index >= 15 is 0 Å². The predicted octanol–water partition coefficient (Wildman–Crippen LogP) is 1.64. The molecule has 0 spiro atoms. The number of hydrogen-bond donors (Lipinski definition) is 2. The SMILES string of the molecule is C=CCNC(=S)SCCCC(=O)O. The molecule has 0 aromatic rings. The molecule has 0 aliphatic carbocycles. The van der Waals surface area contributed by atoms with E-state index in [1.54, 1.807) is 6.08 Å². The van der Waals surface area contributed by atoms with Gasteiger partial charge in [0.2, 0.25) is 0 Å². The molecule has 0 atom stereocenters. The Kier molecular flexibility index (Phi) is 7.73. The molecule has 0 saturated carbocycles. The molecule has 13 heavy (non-hydrogen) atoms.